The van der Waals surface area contributed by atoms with Gasteiger partial charge in [-0.1, -0.05) is 23.7 Å². The third-order valence-electron chi connectivity index (χ3n) is 3.80. The number of benzene rings is 2. The van der Waals surface area contributed by atoms with Crippen LogP contribution in [0.4, 0.5) is 0 Å². The molecule has 6 heteroatoms. The van der Waals surface area contributed by atoms with Crippen molar-refractivity contribution in [1.82, 2.24) is 15.1 Å². The Morgan fingerprint density at radius 1 is 1.15 bits per heavy atom. The summed E-state index contributed by atoms with van der Waals surface area (Å²) >= 11 is 5.98. The van der Waals surface area contributed by atoms with Crippen LogP contribution < -0.4 is 10.1 Å². The van der Waals surface area contributed by atoms with Crippen LogP contribution in [0.25, 0.3) is 16.9 Å². The maximum absolute atomic E-state index is 12.7. The van der Waals surface area contributed by atoms with Gasteiger partial charge in [-0.05, 0) is 56.3 Å². The second-order valence-electron chi connectivity index (χ2n) is 6.16. The average molecular weight is 370 g/mol. The maximum Gasteiger partial charge on any atom is 0.270 e. The summed E-state index contributed by atoms with van der Waals surface area (Å²) < 4.78 is 6.91. The molecule has 0 aliphatic heterocycles. The van der Waals surface area contributed by atoms with Gasteiger partial charge in [0, 0.05) is 16.6 Å². The van der Waals surface area contributed by atoms with Crippen molar-refractivity contribution in [2.24, 2.45) is 0 Å². The van der Waals surface area contributed by atoms with E-state index in [4.69, 9.17) is 16.3 Å². The molecular formula is C20H20ClN3O2. The molecule has 134 valence electrons. The van der Waals surface area contributed by atoms with E-state index in [-0.39, 0.29) is 11.9 Å². The number of aromatic nitrogens is 2. The normalized spacial score (nSPS) is 10.8. The van der Waals surface area contributed by atoms with Gasteiger partial charge in [-0.15, -0.1) is 0 Å². The van der Waals surface area contributed by atoms with Crippen molar-refractivity contribution in [3.05, 3.63) is 65.3 Å². The third kappa shape index (κ3) is 3.89. The van der Waals surface area contributed by atoms with E-state index < -0.39 is 0 Å². The van der Waals surface area contributed by atoms with Crippen LogP contribution in [0.3, 0.4) is 0 Å². The molecule has 2 aromatic carbocycles. The zero-order valence-corrected chi connectivity index (χ0v) is 15.6. The minimum atomic E-state index is -0.184. The number of nitrogens with zero attached hydrogens (tertiary/aromatic N) is 2. The molecule has 1 aromatic heterocycles. The largest absolute Gasteiger partial charge is 0.497 e. The van der Waals surface area contributed by atoms with E-state index in [0.29, 0.717) is 16.4 Å². The molecule has 0 aliphatic carbocycles. The Hall–Kier alpha value is -2.79. The molecular weight excluding hydrogens is 350 g/mol. The molecule has 0 saturated heterocycles. The Kier molecular flexibility index (Phi) is 5.28. The van der Waals surface area contributed by atoms with Crippen molar-refractivity contribution in [1.29, 1.82) is 0 Å². The van der Waals surface area contributed by atoms with Crippen molar-refractivity contribution >= 4 is 17.5 Å². The van der Waals surface area contributed by atoms with E-state index in [1.54, 1.807) is 30.0 Å². The highest BCUT2D eigenvalue weighted by molar-refractivity contribution is 6.30. The molecule has 0 radical (unpaired) electrons. The van der Waals surface area contributed by atoms with Crippen LogP contribution in [0.1, 0.15) is 24.3 Å². The smallest absolute Gasteiger partial charge is 0.270 e. The van der Waals surface area contributed by atoms with E-state index in [1.165, 1.54) is 0 Å². The van der Waals surface area contributed by atoms with Gasteiger partial charge in [-0.25, -0.2) is 4.68 Å². The van der Waals surface area contributed by atoms with E-state index >= 15 is 0 Å². The molecule has 3 aromatic rings. The van der Waals surface area contributed by atoms with E-state index in [1.807, 2.05) is 50.2 Å². The summed E-state index contributed by atoms with van der Waals surface area (Å²) in [6.07, 6.45) is 0. The third-order valence-corrected chi connectivity index (χ3v) is 4.05. The first-order valence-corrected chi connectivity index (χ1v) is 8.67. The predicted octanol–water partition coefficient (Wildman–Crippen LogP) is 4.34. The molecule has 0 saturated carbocycles. The molecule has 1 N–H and O–H groups in total. The molecule has 5 nitrogen and oxygen atoms in total. The van der Waals surface area contributed by atoms with Crippen LogP contribution in [0.5, 0.6) is 5.75 Å². The number of halogens is 1. The molecule has 0 atom stereocenters. The monoisotopic (exact) mass is 369 g/mol. The number of methoxy groups -OCH3 is 1. The van der Waals surface area contributed by atoms with Crippen LogP contribution in [0.2, 0.25) is 5.02 Å². The van der Waals surface area contributed by atoms with Gasteiger partial charge in [0.25, 0.3) is 5.91 Å². The lowest BCUT2D eigenvalue weighted by Gasteiger charge is -2.10. The summed E-state index contributed by atoms with van der Waals surface area (Å²) in [4.78, 5) is 12.7. The van der Waals surface area contributed by atoms with Gasteiger partial charge in [-0.3, -0.25) is 4.79 Å². The Balaban J connectivity index is 2.10. The molecule has 1 heterocycles. The number of rotatable bonds is 5. The summed E-state index contributed by atoms with van der Waals surface area (Å²) in [6, 6.07) is 16.6. The first-order valence-electron chi connectivity index (χ1n) is 8.29. The number of ether oxygens (including phenoxy) is 1. The standard InChI is InChI=1S/C20H20ClN3O2/c1-13(2)22-20(25)19-12-18(14-5-4-6-17(11-14)26-3)23-24(19)16-9-7-15(21)8-10-16/h4-13H,1-3H3,(H,22,25). The number of hydrogen-bond donors (Lipinski definition) is 1. The number of amides is 1. The van der Waals surface area contributed by atoms with Gasteiger partial charge in [-0.2, -0.15) is 5.10 Å². The Bertz CT molecular complexity index is 917. The fourth-order valence-electron chi connectivity index (χ4n) is 2.58. The SMILES string of the molecule is COc1cccc(-c2cc(C(=O)NC(C)C)n(-c3ccc(Cl)cc3)n2)c1. The van der Waals surface area contributed by atoms with E-state index in [9.17, 15) is 4.79 Å². The summed E-state index contributed by atoms with van der Waals surface area (Å²) in [5.41, 5.74) is 2.78. The van der Waals surface area contributed by atoms with Crippen LogP contribution in [0, 0.1) is 0 Å². The molecule has 0 unspecified atom stereocenters. The Morgan fingerprint density at radius 3 is 2.54 bits per heavy atom. The van der Waals surface area contributed by atoms with Gasteiger partial charge in [0.2, 0.25) is 0 Å². The first-order chi connectivity index (χ1) is 12.5. The van der Waals surface area contributed by atoms with Crippen molar-refractivity contribution in [3.8, 4) is 22.7 Å². The molecule has 0 spiro atoms. The van der Waals surface area contributed by atoms with Gasteiger partial charge >= 0.3 is 0 Å². The molecule has 0 fully saturated rings. The average Bonchev–Trinajstić information content (AvgIpc) is 3.07. The fraction of sp³-hybridized carbons (Fsp3) is 0.200. The quantitative estimate of drug-likeness (QED) is 0.727. The summed E-state index contributed by atoms with van der Waals surface area (Å²) in [5, 5.41) is 8.19. The van der Waals surface area contributed by atoms with Crippen LogP contribution in [-0.4, -0.2) is 28.8 Å². The highest BCUT2D eigenvalue weighted by Gasteiger charge is 2.18. The van der Waals surface area contributed by atoms with Crippen LogP contribution in [-0.2, 0) is 0 Å². The molecule has 3 rings (SSSR count). The molecule has 0 aliphatic rings. The highest BCUT2D eigenvalue weighted by atomic mass is 35.5. The molecule has 0 bridgehead atoms. The lowest BCUT2D eigenvalue weighted by molar-refractivity contribution is 0.0935. The number of nitrogens with one attached hydrogen (secondary N) is 1. The Labute approximate surface area is 157 Å². The number of carbonyl (C=O) groups excluding carboxylic acids is 1. The van der Waals surface area contributed by atoms with E-state index in [0.717, 1.165) is 17.0 Å². The zero-order chi connectivity index (χ0) is 18.7. The lowest BCUT2D eigenvalue weighted by Crippen LogP contribution is -2.31. The molecule has 1 amide bonds. The topological polar surface area (TPSA) is 56.1 Å². The number of carbonyl (C=O) groups is 1. The van der Waals surface area contributed by atoms with Crippen LogP contribution in [0.15, 0.2) is 54.6 Å². The van der Waals surface area contributed by atoms with Crippen molar-refractivity contribution < 1.29 is 9.53 Å². The second-order valence-corrected chi connectivity index (χ2v) is 6.60. The van der Waals surface area contributed by atoms with E-state index in [2.05, 4.69) is 10.4 Å². The van der Waals surface area contributed by atoms with Gasteiger partial charge in [0.15, 0.2) is 0 Å². The highest BCUT2D eigenvalue weighted by Crippen LogP contribution is 2.25. The summed E-state index contributed by atoms with van der Waals surface area (Å²) in [7, 11) is 1.62. The van der Waals surface area contributed by atoms with Gasteiger partial charge in [0.05, 0.1) is 18.5 Å². The van der Waals surface area contributed by atoms with Crippen molar-refractivity contribution in [3.63, 3.8) is 0 Å². The summed E-state index contributed by atoms with van der Waals surface area (Å²) in [5.74, 6) is 0.549. The fourth-order valence-corrected chi connectivity index (χ4v) is 2.71. The predicted molar refractivity (Wildman–Crippen MR) is 103 cm³/mol. The minimum absolute atomic E-state index is 0.0244. The van der Waals surface area contributed by atoms with Crippen molar-refractivity contribution in [2.75, 3.05) is 7.11 Å². The lowest BCUT2D eigenvalue weighted by atomic mass is 10.1. The van der Waals surface area contributed by atoms with Gasteiger partial charge < -0.3 is 10.1 Å². The zero-order valence-electron chi connectivity index (χ0n) is 14.9. The first kappa shape index (κ1) is 18.0. The van der Waals surface area contributed by atoms with Crippen LogP contribution >= 0.6 is 11.6 Å². The maximum atomic E-state index is 12.7. The summed E-state index contributed by atoms with van der Waals surface area (Å²) in [6.45, 7) is 3.84. The number of hydrogen-bond acceptors (Lipinski definition) is 3. The minimum Gasteiger partial charge on any atom is -0.497 e. The Morgan fingerprint density at radius 2 is 1.88 bits per heavy atom. The molecule has 26 heavy (non-hydrogen) atoms. The van der Waals surface area contributed by atoms with Crippen molar-refractivity contribution in [2.45, 2.75) is 19.9 Å². The van der Waals surface area contributed by atoms with Gasteiger partial charge in [0.1, 0.15) is 11.4 Å². The second kappa shape index (κ2) is 7.62.